The predicted octanol–water partition coefficient (Wildman–Crippen LogP) is 7.43. The molecule has 0 radical (unpaired) electrons. The Bertz CT molecular complexity index is 1950. The number of alkyl halides is 3. The molecule has 0 spiro atoms. The van der Waals surface area contributed by atoms with Gasteiger partial charge in [0.25, 0.3) is 0 Å². The van der Waals surface area contributed by atoms with Crippen LogP contribution in [0.5, 0.6) is 0 Å². The lowest BCUT2D eigenvalue weighted by molar-refractivity contribution is -0.0328. The van der Waals surface area contributed by atoms with Gasteiger partial charge in [0.05, 0.1) is 22.9 Å². The lowest BCUT2D eigenvalue weighted by Crippen LogP contribution is -2.06. The molecule has 3 aromatic carbocycles. The van der Waals surface area contributed by atoms with Gasteiger partial charge in [-0.3, -0.25) is 0 Å². The summed E-state index contributed by atoms with van der Waals surface area (Å²) in [4.78, 5) is 8.77. The first-order valence-corrected chi connectivity index (χ1v) is 15.5. The number of benzene rings is 3. The minimum Gasteiger partial charge on any atom is -0.440 e. The van der Waals surface area contributed by atoms with E-state index in [2.05, 4.69) is 9.97 Å². The van der Waals surface area contributed by atoms with Gasteiger partial charge in [-0.15, -0.1) is 0 Å². The molecule has 0 aliphatic rings. The standard InChI is InChI=1S/C30H25F4N3O4S2/c1-16-14-37(17(2)35-16)26-10-7-20(21-12-25(31)24(15-38)27(13-21)43(4,39)40)11-23(26)28-29(41-18(3)36-28)19-5-8-22(9-6-19)42-30(32,33)34/h5-14,38H,15H2,1-4H3. The van der Waals surface area contributed by atoms with Gasteiger partial charge in [-0.25, -0.2) is 22.8 Å². The van der Waals surface area contributed by atoms with Crippen LogP contribution in [0.15, 0.2) is 75.0 Å². The molecule has 43 heavy (non-hydrogen) atoms. The van der Waals surface area contributed by atoms with Gasteiger partial charge in [-0.05, 0) is 73.1 Å². The van der Waals surface area contributed by atoms with Crippen molar-refractivity contribution in [2.75, 3.05) is 6.26 Å². The van der Waals surface area contributed by atoms with Gasteiger partial charge in [-0.2, -0.15) is 13.2 Å². The minimum atomic E-state index is -4.43. The van der Waals surface area contributed by atoms with Crippen molar-refractivity contribution in [3.8, 4) is 39.4 Å². The number of hydrogen-bond acceptors (Lipinski definition) is 7. The van der Waals surface area contributed by atoms with E-state index in [9.17, 15) is 26.7 Å². The summed E-state index contributed by atoms with van der Waals surface area (Å²) in [7, 11) is -3.88. The Morgan fingerprint density at radius 2 is 1.63 bits per heavy atom. The summed E-state index contributed by atoms with van der Waals surface area (Å²) in [5, 5.41) is 9.63. The van der Waals surface area contributed by atoms with E-state index >= 15 is 4.39 Å². The third-order valence-corrected chi connectivity index (χ3v) is 8.55. The maximum atomic E-state index is 15.0. The van der Waals surface area contributed by atoms with Crippen LogP contribution >= 0.6 is 11.8 Å². The van der Waals surface area contributed by atoms with Crippen LogP contribution in [-0.4, -0.2) is 39.8 Å². The molecule has 0 aliphatic carbocycles. The number of aryl methyl sites for hydroxylation is 3. The van der Waals surface area contributed by atoms with E-state index in [-0.39, 0.29) is 32.7 Å². The second kappa shape index (κ2) is 11.3. The lowest BCUT2D eigenvalue weighted by Gasteiger charge is -2.15. The van der Waals surface area contributed by atoms with Crippen molar-refractivity contribution in [1.82, 2.24) is 14.5 Å². The van der Waals surface area contributed by atoms with Crippen LogP contribution in [0.3, 0.4) is 0 Å². The van der Waals surface area contributed by atoms with Crippen LogP contribution in [0.4, 0.5) is 17.6 Å². The van der Waals surface area contributed by atoms with Crippen molar-refractivity contribution in [2.45, 2.75) is 42.7 Å². The zero-order valence-electron chi connectivity index (χ0n) is 23.3. The number of hydrogen-bond donors (Lipinski definition) is 1. The second-order valence-electron chi connectivity index (χ2n) is 9.88. The fourth-order valence-electron chi connectivity index (χ4n) is 4.85. The van der Waals surface area contributed by atoms with E-state index < -0.39 is 27.8 Å². The Balaban J connectivity index is 1.73. The molecule has 5 aromatic rings. The summed E-state index contributed by atoms with van der Waals surface area (Å²) < 4.78 is 86.4. The largest absolute Gasteiger partial charge is 0.446 e. The van der Waals surface area contributed by atoms with Crippen molar-refractivity contribution < 1.29 is 35.5 Å². The number of sulfone groups is 1. The van der Waals surface area contributed by atoms with Gasteiger partial charge < -0.3 is 14.1 Å². The van der Waals surface area contributed by atoms with Crippen LogP contribution in [-0.2, 0) is 16.4 Å². The summed E-state index contributed by atoms with van der Waals surface area (Å²) >= 11 is -0.225. The summed E-state index contributed by atoms with van der Waals surface area (Å²) in [6, 6.07) is 13.3. The first-order chi connectivity index (χ1) is 20.1. The zero-order chi connectivity index (χ0) is 31.3. The Labute approximate surface area is 249 Å². The van der Waals surface area contributed by atoms with Gasteiger partial charge >= 0.3 is 5.51 Å². The molecule has 5 rings (SSSR count). The van der Waals surface area contributed by atoms with Crippen LogP contribution < -0.4 is 0 Å². The minimum absolute atomic E-state index is 0.0104. The third kappa shape index (κ3) is 6.38. The number of aliphatic hydroxyl groups is 1. The second-order valence-corrected chi connectivity index (χ2v) is 13.0. The fraction of sp³-hybridized carbons (Fsp3) is 0.200. The molecule has 224 valence electrons. The number of aliphatic hydroxyl groups excluding tert-OH is 1. The van der Waals surface area contributed by atoms with Crippen molar-refractivity contribution in [3.63, 3.8) is 0 Å². The Kier molecular flexibility index (Phi) is 8.01. The summed E-state index contributed by atoms with van der Waals surface area (Å²) in [6.45, 7) is 4.50. The molecule has 0 fully saturated rings. The number of rotatable bonds is 7. The van der Waals surface area contributed by atoms with Crippen molar-refractivity contribution in [3.05, 3.63) is 89.6 Å². The average Bonchev–Trinajstić information content (AvgIpc) is 3.47. The molecule has 0 saturated carbocycles. The number of aromatic nitrogens is 3. The third-order valence-electron chi connectivity index (χ3n) is 6.64. The van der Waals surface area contributed by atoms with Crippen molar-refractivity contribution in [1.29, 1.82) is 0 Å². The van der Waals surface area contributed by atoms with Crippen LogP contribution in [0, 0.1) is 26.6 Å². The molecule has 0 unspecified atom stereocenters. The van der Waals surface area contributed by atoms with Crippen LogP contribution in [0.2, 0.25) is 0 Å². The zero-order valence-corrected chi connectivity index (χ0v) is 25.0. The highest BCUT2D eigenvalue weighted by Crippen LogP contribution is 2.41. The fourth-order valence-corrected chi connectivity index (χ4v) is 6.34. The number of oxazole rings is 1. The van der Waals surface area contributed by atoms with E-state index in [1.54, 1.807) is 25.1 Å². The van der Waals surface area contributed by atoms with Gasteiger partial charge in [-0.1, -0.05) is 18.2 Å². The maximum Gasteiger partial charge on any atom is 0.446 e. The Hall–Kier alpha value is -3.94. The Morgan fingerprint density at radius 3 is 2.21 bits per heavy atom. The highest BCUT2D eigenvalue weighted by Gasteiger charge is 2.29. The molecule has 1 N–H and O–H groups in total. The van der Waals surface area contributed by atoms with E-state index in [1.807, 2.05) is 24.6 Å². The predicted molar refractivity (Wildman–Crippen MR) is 155 cm³/mol. The van der Waals surface area contributed by atoms with Gasteiger partial charge in [0, 0.05) is 41.0 Å². The molecule has 0 amide bonds. The van der Waals surface area contributed by atoms with Gasteiger partial charge in [0.1, 0.15) is 17.3 Å². The molecule has 0 aliphatic heterocycles. The van der Waals surface area contributed by atoms with Crippen molar-refractivity contribution >= 4 is 21.6 Å². The lowest BCUT2D eigenvalue weighted by atomic mass is 9.97. The highest BCUT2D eigenvalue weighted by atomic mass is 32.2. The number of thioether (sulfide) groups is 1. The molecule has 2 aromatic heterocycles. The normalized spacial score (nSPS) is 12.2. The smallest absolute Gasteiger partial charge is 0.440 e. The molecular weight excluding hydrogens is 606 g/mol. The number of halogens is 4. The molecule has 0 atom stereocenters. The molecular formula is C30H25F4N3O4S2. The van der Waals surface area contributed by atoms with Gasteiger partial charge in [0.15, 0.2) is 21.5 Å². The summed E-state index contributed by atoms with van der Waals surface area (Å²) in [6.07, 6.45) is 2.76. The van der Waals surface area contributed by atoms with Gasteiger partial charge in [0.2, 0.25) is 0 Å². The monoisotopic (exact) mass is 631 g/mol. The number of imidazole rings is 1. The topological polar surface area (TPSA) is 98.2 Å². The molecule has 7 nitrogen and oxygen atoms in total. The number of nitrogens with zero attached hydrogens (tertiary/aromatic N) is 3. The summed E-state index contributed by atoms with van der Waals surface area (Å²) in [5.41, 5.74) is -1.31. The molecule has 13 heteroatoms. The first kappa shape index (κ1) is 30.5. The van der Waals surface area contributed by atoms with Crippen molar-refractivity contribution in [2.24, 2.45) is 0 Å². The molecule has 0 saturated heterocycles. The average molecular weight is 632 g/mol. The quantitative estimate of drug-likeness (QED) is 0.147. The molecule has 2 heterocycles. The van der Waals surface area contributed by atoms with E-state index in [1.165, 1.54) is 30.3 Å². The van der Waals surface area contributed by atoms with E-state index in [0.29, 0.717) is 45.5 Å². The Morgan fingerprint density at radius 1 is 0.953 bits per heavy atom. The van der Waals surface area contributed by atoms with E-state index in [0.717, 1.165) is 18.0 Å². The van der Waals surface area contributed by atoms with Crippen LogP contribution in [0.25, 0.3) is 39.4 Å². The van der Waals surface area contributed by atoms with Crippen LogP contribution in [0.1, 0.15) is 23.0 Å². The highest BCUT2D eigenvalue weighted by molar-refractivity contribution is 8.00. The first-order valence-electron chi connectivity index (χ1n) is 12.8. The molecule has 0 bridgehead atoms. The maximum absolute atomic E-state index is 15.0. The SMILES string of the molecule is Cc1cn(-c2ccc(-c3cc(F)c(CO)c(S(C)(=O)=O)c3)cc2-c2nc(C)oc2-c2ccc(SC(F)(F)F)cc2)c(C)n1. The van der Waals surface area contributed by atoms with E-state index in [4.69, 9.17) is 4.42 Å². The summed E-state index contributed by atoms with van der Waals surface area (Å²) in [5.74, 6) is 0.389.